The minimum Gasteiger partial charge on any atom is -0.488 e. The van der Waals surface area contributed by atoms with Gasteiger partial charge >= 0.3 is 0 Å². The predicted molar refractivity (Wildman–Crippen MR) is 133 cm³/mol. The summed E-state index contributed by atoms with van der Waals surface area (Å²) in [6.45, 7) is 3.29. The fraction of sp³-hybridized carbons (Fsp3) is 0.346. The first-order chi connectivity index (χ1) is 17.1. The molecule has 2 N–H and O–H groups in total. The fourth-order valence-electron chi connectivity index (χ4n) is 4.86. The molecule has 0 aromatic carbocycles. The average Bonchev–Trinajstić information content (AvgIpc) is 3.44. The van der Waals surface area contributed by atoms with E-state index in [0.29, 0.717) is 12.1 Å². The molecule has 2 aliphatic heterocycles. The van der Waals surface area contributed by atoms with Gasteiger partial charge in [0.15, 0.2) is 11.6 Å². The van der Waals surface area contributed by atoms with Gasteiger partial charge in [-0.1, -0.05) is 5.92 Å². The number of piperidine rings is 1. The van der Waals surface area contributed by atoms with Crippen molar-refractivity contribution >= 4 is 17.2 Å². The molecule has 35 heavy (non-hydrogen) atoms. The topological polar surface area (TPSA) is 90.5 Å². The molecule has 4 aromatic heterocycles. The zero-order chi connectivity index (χ0) is 23.8. The summed E-state index contributed by atoms with van der Waals surface area (Å²) in [4.78, 5) is 4.53. The monoisotopic (exact) mass is 469 g/mol. The number of hydrogen-bond acceptors (Lipinski definition) is 7. The standard InChI is InChI=1S/C26H27N7O2/c1-3-4-18-12-23(24(14-27-18)35-22-10-19-15-34-16-20(11-22)28-19)17-5-8-33-21(9-17)13-26(31-33)29-25-6-7-32(2)30-25/h5-9,12-14,19-20,22,28H,10-11,15-16H2,1-2H3,(H,29,30,31)/t19-,20+,22?. The van der Waals surface area contributed by atoms with Crippen LogP contribution in [0.25, 0.3) is 16.6 Å². The highest BCUT2D eigenvalue weighted by Crippen LogP contribution is 2.34. The average molecular weight is 470 g/mol. The van der Waals surface area contributed by atoms with Gasteiger partial charge in [-0.3, -0.25) is 4.68 Å². The Morgan fingerprint density at radius 2 is 1.94 bits per heavy atom. The van der Waals surface area contributed by atoms with E-state index in [1.165, 1.54) is 0 Å². The first-order valence-electron chi connectivity index (χ1n) is 11.8. The van der Waals surface area contributed by atoms with Crippen LogP contribution in [0.1, 0.15) is 25.5 Å². The molecule has 0 saturated carbocycles. The lowest BCUT2D eigenvalue weighted by Crippen LogP contribution is -2.56. The summed E-state index contributed by atoms with van der Waals surface area (Å²) >= 11 is 0. The third-order valence-corrected chi connectivity index (χ3v) is 6.36. The molecule has 0 spiro atoms. The van der Waals surface area contributed by atoms with E-state index in [1.54, 1.807) is 10.9 Å². The number of aromatic nitrogens is 5. The number of anilines is 2. The lowest BCUT2D eigenvalue weighted by Gasteiger charge is -2.40. The summed E-state index contributed by atoms with van der Waals surface area (Å²) in [5.41, 5.74) is 3.67. The van der Waals surface area contributed by atoms with Crippen molar-refractivity contribution in [3.8, 4) is 28.7 Å². The van der Waals surface area contributed by atoms with Crippen molar-refractivity contribution in [1.82, 2.24) is 29.7 Å². The van der Waals surface area contributed by atoms with Gasteiger partial charge in [0.1, 0.15) is 17.5 Å². The van der Waals surface area contributed by atoms with Crippen LogP contribution in [0, 0.1) is 11.8 Å². The smallest absolute Gasteiger partial charge is 0.154 e. The summed E-state index contributed by atoms with van der Waals surface area (Å²) in [5, 5.41) is 15.9. The second-order valence-electron chi connectivity index (χ2n) is 9.06. The largest absolute Gasteiger partial charge is 0.488 e. The summed E-state index contributed by atoms with van der Waals surface area (Å²) in [6.07, 6.45) is 7.59. The zero-order valence-corrected chi connectivity index (χ0v) is 19.7. The number of rotatable bonds is 5. The highest BCUT2D eigenvalue weighted by molar-refractivity contribution is 5.75. The number of nitrogens with zero attached hydrogens (tertiary/aromatic N) is 5. The second kappa shape index (κ2) is 9.06. The number of fused-ring (bicyclic) bond motifs is 3. The molecule has 0 aliphatic carbocycles. The summed E-state index contributed by atoms with van der Waals surface area (Å²) < 4.78 is 15.8. The second-order valence-corrected chi connectivity index (χ2v) is 9.06. The van der Waals surface area contributed by atoms with Gasteiger partial charge < -0.3 is 20.1 Å². The maximum Gasteiger partial charge on any atom is 0.154 e. The van der Waals surface area contributed by atoms with Gasteiger partial charge in [-0.05, 0) is 36.6 Å². The SMILES string of the molecule is CC#Cc1cc(-c2ccn3nc(Nc4ccn(C)n4)cc3c2)c(OC2C[C@H]3COC[C@@H](C2)N3)cn1. The van der Waals surface area contributed by atoms with Crippen LogP contribution in [-0.4, -0.2) is 55.8 Å². The number of hydrogen-bond donors (Lipinski definition) is 2. The maximum atomic E-state index is 6.56. The molecule has 178 valence electrons. The molecule has 2 bridgehead atoms. The van der Waals surface area contributed by atoms with E-state index in [-0.39, 0.29) is 6.10 Å². The Kier molecular flexibility index (Phi) is 5.60. The number of ether oxygens (including phenoxy) is 2. The Morgan fingerprint density at radius 1 is 1.09 bits per heavy atom. The predicted octanol–water partition coefficient (Wildman–Crippen LogP) is 3.14. The minimum atomic E-state index is 0.117. The highest BCUT2D eigenvalue weighted by atomic mass is 16.5. The van der Waals surface area contributed by atoms with E-state index < -0.39 is 0 Å². The van der Waals surface area contributed by atoms with Crippen molar-refractivity contribution in [2.45, 2.75) is 38.0 Å². The van der Waals surface area contributed by atoms with Crippen LogP contribution in [0.3, 0.4) is 0 Å². The van der Waals surface area contributed by atoms with Crippen LogP contribution >= 0.6 is 0 Å². The van der Waals surface area contributed by atoms with Gasteiger partial charge in [0.05, 0.1) is 24.9 Å². The van der Waals surface area contributed by atoms with Crippen LogP contribution in [0.5, 0.6) is 5.75 Å². The Hall–Kier alpha value is -3.87. The zero-order valence-electron chi connectivity index (χ0n) is 19.7. The van der Waals surface area contributed by atoms with Gasteiger partial charge in [-0.2, -0.15) is 10.2 Å². The molecule has 9 heteroatoms. The van der Waals surface area contributed by atoms with E-state index in [9.17, 15) is 0 Å². The molecule has 4 aromatic rings. The number of pyridine rings is 2. The van der Waals surface area contributed by atoms with E-state index in [2.05, 4.69) is 43.7 Å². The molecule has 2 aliphatic rings. The Labute approximate surface area is 203 Å². The quantitative estimate of drug-likeness (QED) is 0.434. The molecule has 1 unspecified atom stereocenters. The summed E-state index contributed by atoms with van der Waals surface area (Å²) in [6, 6.07) is 10.7. The van der Waals surface area contributed by atoms with E-state index in [0.717, 1.165) is 65.8 Å². The van der Waals surface area contributed by atoms with E-state index in [1.807, 2.05) is 55.1 Å². The molecular formula is C26H27N7O2. The van der Waals surface area contributed by atoms with Crippen LogP contribution in [0.15, 0.2) is 48.9 Å². The lowest BCUT2D eigenvalue weighted by molar-refractivity contribution is -0.0122. The Morgan fingerprint density at radius 3 is 2.71 bits per heavy atom. The van der Waals surface area contributed by atoms with Crippen molar-refractivity contribution in [3.05, 3.63) is 54.6 Å². The van der Waals surface area contributed by atoms with Gasteiger partial charge in [0.25, 0.3) is 0 Å². The lowest BCUT2D eigenvalue weighted by atomic mass is 9.94. The Bertz CT molecular complexity index is 1420. The number of nitrogens with one attached hydrogen (secondary N) is 2. The van der Waals surface area contributed by atoms with Gasteiger partial charge in [0.2, 0.25) is 0 Å². The highest BCUT2D eigenvalue weighted by Gasteiger charge is 2.33. The summed E-state index contributed by atoms with van der Waals surface area (Å²) in [5.74, 6) is 8.27. The van der Waals surface area contributed by atoms with Crippen LogP contribution < -0.4 is 15.4 Å². The van der Waals surface area contributed by atoms with Crippen molar-refractivity contribution in [2.75, 3.05) is 18.5 Å². The van der Waals surface area contributed by atoms with E-state index >= 15 is 0 Å². The fourth-order valence-corrected chi connectivity index (χ4v) is 4.86. The van der Waals surface area contributed by atoms with E-state index in [4.69, 9.17) is 9.47 Å². The maximum absolute atomic E-state index is 6.56. The minimum absolute atomic E-state index is 0.117. The first kappa shape index (κ1) is 21.6. The molecule has 0 radical (unpaired) electrons. The van der Waals surface area contributed by atoms with Crippen molar-refractivity contribution < 1.29 is 9.47 Å². The molecule has 0 amide bonds. The molecule has 6 heterocycles. The molecule has 3 atom stereocenters. The molecule has 6 rings (SSSR count). The summed E-state index contributed by atoms with van der Waals surface area (Å²) in [7, 11) is 1.89. The number of morpholine rings is 1. The molecule has 2 saturated heterocycles. The Balaban J connectivity index is 1.32. The number of aryl methyl sites for hydroxylation is 1. The molecule has 9 nitrogen and oxygen atoms in total. The van der Waals surface area contributed by atoms with Crippen molar-refractivity contribution in [2.24, 2.45) is 7.05 Å². The van der Waals surface area contributed by atoms with Crippen LogP contribution in [0.2, 0.25) is 0 Å². The van der Waals surface area contributed by atoms with Gasteiger partial charge in [-0.25, -0.2) is 9.50 Å². The molecule has 2 fully saturated rings. The van der Waals surface area contributed by atoms with Crippen molar-refractivity contribution in [3.63, 3.8) is 0 Å². The third-order valence-electron chi connectivity index (χ3n) is 6.36. The van der Waals surface area contributed by atoms with Crippen LogP contribution in [0.4, 0.5) is 11.6 Å². The molecular weight excluding hydrogens is 442 g/mol. The normalized spacial score (nSPS) is 21.4. The van der Waals surface area contributed by atoms with Crippen LogP contribution in [-0.2, 0) is 11.8 Å². The van der Waals surface area contributed by atoms with Gasteiger partial charge in [0, 0.05) is 62.1 Å². The van der Waals surface area contributed by atoms with Gasteiger partial charge in [-0.15, -0.1) is 0 Å². The van der Waals surface area contributed by atoms with Crippen molar-refractivity contribution in [1.29, 1.82) is 0 Å². The first-order valence-corrected chi connectivity index (χ1v) is 11.8. The third kappa shape index (κ3) is 4.58.